The molecule has 0 spiro atoms. The molecule has 9 heteroatoms. The maximum absolute atomic E-state index is 13.3. The molecule has 0 fully saturated rings. The highest BCUT2D eigenvalue weighted by Gasteiger charge is 2.26. The average Bonchev–Trinajstić information content (AvgIpc) is 2.98. The molecule has 2 aromatic carbocycles. The number of halogens is 1. The fourth-order valence-electron chi connectivity index (χ4n) is 2.93. The van der Waals surface area contributed by atoms with Gasteiger partial charge in [-0.25, -0.2) is 17.6 Å². The number of nitrogens with one attached hydrogen (secondary N) is 1. The molecule has 29 heavy (non-hydrogen) atoms. The summed E-state index contributed by atoms with van der Waals surface area (Å²) in [7, 11) is -3.66. The van der Waals surface area contributed by atoms with Crippen molar-refractivity contribution in [2.24, 2.45) is 0 Å². The van der Waals surface area contributed by atoms with Crippen molar-refractivity contribution in [3.05, 3.63) is 53.3 Å². The Morgan fingerprint density at radius 1 is 1.17 bits per heavy atom. The molecule has 0 saturated carbocycles. The van der Waals surface area contributed by atoms with E-state index in [4.69, 9.17) is 9.15 Å². The van der Waals surface area contributed by atoms with Crippen LogP contribution in [0.15, 0.2) is 40.8 Å². The predicted molar refractivity (Wildman–Crippen MR) is 106 cm³/mol. The van der Waals surface area contributed by atoms with E-state index in [1.54, 1.807) is 6.92 Å². The van der Waals surface area contributed by atoms with Gasteiger partial charge in [-0.15, -0.1) is 0 Å². The lowest BCUT2D eigenvalue weighted by atomic mass is 10.0. The van der Waals surface area contributed by atoms with Crippen LogP contribution in [0, 0.1) is 5.82 Å². The number of benzene rings is 2. The van der Waals surface area contributed by atoms with Gasteiger partial charge < -0.3 is 9.15 Å². The van der Waals surface area contributed by atoms with Crippen molar-refractivity contribution in [1.82, 2.24) is 0 Å². The summed E-state index contributed by atoms with van der Waals surface area (Å²) in [6, 6.07) is 8.04. The van der Waals surface area contributed by atoms with E-state index in [9.17, 15) is 22.4 Å². The first-order chi connectivity index (χ1) is 13.6. The third-order valence-corrected chi connectivity index (χ3v) is 4.68. The number of hydrogen-bond acceptors (Lipinski definition) is 6. The molecule has 0 atom stereocenters. The van der Waals surface area contributed by atoms with Gasteiger partial charge in [0, 0.05) is 22.6 Å². The van der Waals surface area contributed by atoms with E-state index in [1.165, 1.54) is 43.3 Å². The first-order valence-corrected chi connectivity index (χ1v) is 10.5. The quantitative estimate of drug-likeness (QED) is 0.479. The molecule has 3 rings (SSSR count). The molecule has 1 heterocycles. The number of furan rings is 1. The summed E-state index contributed by atoms with van der Waals surface area (Å²) in [6.45, 7) is 3.04. The maximum atomic E-state index is 13.3. The highest BCUT2D eigenvalue weighted by atomic mass is 32.2. The normalized spacial score (nSPS) is 11.4. The zero-order chi connectivity index (χ0) is 21.3. The van der Waals surface area contributed by atoms with Crippen LogP contribution in [-0.2, 0) is 14.8 Å². The Hall–Kier alpha value is -3.20. The molecule has 0 aliphatic heterocycles. The number of ketones is 1. The van der Waals surface area contributed by atoms with Gasteiger partial charge in [-0.2, -0.15) is 0 Å². The van der Waals surface area contributed by atoms with Crippen molar-refractivity contribution in [3.63, 3.8) is 0 Å². The number of esters is 1. The molecule has 0 bridgehead atoms. The van der Waals surface area contributed by atoms with Gasteiger partial charge in [-0.3, -0.25) is 9.52 Å². The summed E-state index contributed by atoms with van der Waals surface area (Å²) in [5.74, 6) is -1.41. The van der Waals surface area contributed by atoms with Gasteiger partial charge in [0.2, 0.25) is 10.0 Å². The minimum atomic E-state index is -3.66. The van der Waals surface area contributed by atoms with Crippen LogP contribution >= 0.6 is 0 Å². The smallest absolute Gasteiger partial charge is 0.342 e. The Balaban J connectivity index is 2.33. The average molecular weight is 419 g/mol. The summed E-state index contributed by atoms with van der Waals surface area (Å²) in [5.41, 5.74) is 0.764. The Kier molecular flexibility index (Phi) is 5.43. The Morgan fingerprint density at radius 2 is 1.83 bits per heavy atom. The molecule has 0 saturated heterocycles. The molecular formula is C20H18FNO6S. The molecule has 0 aliphatic carbocycles. The lowest BCUT2D eigenvalue weighted by Gasteiger charge is -2.09. The van der Waals surface area contributed by atoms with E-state index in [0.717, 1.165) is 6.26 Å². The van der Waals surface area contributed by atoms with Gasteiger partial charge in [0.25, 0.3) is 0 Å². The predicted octanol–water partition coefficient (Wildman–Crippen LogP) is 3.99. The molecule has 0 amide bonds. The SMILES string of the molecule is CCOC(=O)c1c(-c2ccc(F)cc2)oc2cc(NS(C)(=O)=O)c(C(C)=O)cc12. The van der Waals surface area contributed by atoms with Crippen molar-refractivity contribution in [1.29, 1.82) is 0 Å². The number of rotatable bonds is 6. The van der Waals surface area contributed by atoms with E-state index in [0.29, 0.717) is 5.56 Å². The number of sulfonamides is 1. The minimum absolute atomic E-state index is 0.0299. The van der Waals surface area contributed by atoms with E-state index in [-0.39, 0.29) is 40.2 Å². The number of carbonyl (C=O) groups is 2. The van der Waals surface area contributed by atoms with Crippen molar-refractivity contribution in [3.8, 4) is 11.3 Å². The number of carbonyl (C=O) groups excluding carboxylic acids is 2. The molecule has 0 radical (unpaired) electrons. The zero-order valence-electron chi connectivity index (χ0n) is 15.9. The van der Waals surface area contributed by atoms with Gasteiger partial charge in [0.1, 0.15) is 22.7 Å². The highest BCUT2D eigenvalue weighted by molar-refractivity contribution is 7.92. The van der Waals surface area contributed by atoms with Crippen LogP contribution in [0.25, 0.3) is 22.3 Å². The second-order valence-electron chi connectivity index (χ2n) is 6.36. The van der Waals surface area contributed by atoms with Gasteiger partial charge in [0.05, 0.1) is 18.6 Å². The van der Waals surface area contributed by atoms with Crippen LogP contribution < -0.4 is 4.72 Å². The lowest BCUT2D eigenvalue weighted by Crippen LogP contribution is -2.12. The van der Waals surface area contributed by atoms with Crippen molar-refractivity contribution in [2.75, 3.05) is 17.6 Å². The molecule has 1 aromatic heterocycles. The van der Waals surface area contributed by atoms with Crippen LogP contribution in [0.4, 0.5) is 10.1 Å². The van der Waals surface area contributed by atoms with E-state index in [2.05, 4.69) is 4.72 Å². The third-order valence-electron chi connectivity index (χ3n) is 4.09. The van der Waals surface area contributed by atoms with E-state index < -0.39 is 27.6 Å². The summed E-state index contributed by atoms with van der Waals surface area (Å²) < 4.78 is 49.9. The van der Waals surface area contributed by atoms with Crippen molar-refractivity contribution >= 4 is 38.4 Å². The Labute approximate surface area is 166 Å². The van der Waals surface area contributed by atoms with Crippen LogP contribution in [0.5, 0.6) is 0 Å². The molecule has 1 N–H and O–H groups in total. The number of Topliss-reactive ketones (excluding diaryl/α,β-unsaturated/α-hetero) is 1. The summed E-state index contributed by atoms with van der Waals surface area (Å²) >= 11 is 0. The molecular weight excluding hydrogens is 401 g/mol. The number of anilines is 1. The van der Waals surface area contributed by atoms with Gasteiger partial charge in [0.15, 0.2) is 5.78 Å². The molecule has 7 nitrogen and oxygen atoms in total. The fraction of sp³-hybridized carbons (Fsp3) is 0.200. The minimum Gasteiger partial charge on any atom is -0.462 e. The van der Waals surface area contributed by atoms with Crippen LogP contribution in [-0.4, -0.2) is 33.0 Å². The van der Waals surface area contributed by atoms with E-state index >= 15 is 0 Å². The van der Waals surface area contributed by atoms with Crippen molar-refractivity contribution in [2.45, 2.75) is 13.8 Å². The van der Waals surface area contributed by atoms with Gasteiger partial charge in [-0.05, 0) is 44.2 Å². The summed E-state index contributed by atoms with van der Waals surface area (Å²) in [5, 5.41) is 0.284. The van der Waals surface area contributed by atoms with E-state index in [1.807, 2.05) is 0 Å². The number of fused-ring (bicyclic) bond motifs is 1. The van der Waals surface area contributed by atoms with Crippen LogP contribution in [0.1, 0.15) is 34.6 Å². The Morgan fingerprint density at radius 3 is 2.38 bits per heavy atom. The van der Waals surface area contributed by atoms with Gasteiger partial charge >= 0.3 is 5.97 Å². The molecule has 152 valence electrons. The molecule has 0 aliphatic rings. The summed E-state index contributed by atoms with van der Waals surface area (Å²) in [6.07, 6.45) is 0.956. The Bertz CT molecular complexity index is 1210. The third kappa shape index (κ3) is 4.29. The van der Waals surface area contributed by atoms with Crippen LogP contribution in [0.2, 0.25) is 0 Å². The number of hydrogen-bond donors (Lipinski definition) is 1. The molecule has 3 aromatic rings. The maximum Gasteiger partial charge on any atom is 0.342 e. The second-order valence-corrected chi connectivity index (χ2v) is 8.11. The first kappa shape index (κ1) is 20.5. The number of ether oxygens (including phenoxy) is 1. The standard InChI is InChI=1S/C20H18FNO6S/c1-4-27-20(24)18-15-9-14(11(2)23)16(22-29(3,25)26)10-17(15)28-19(18)12-5-7-13(21)8-6-12/h5-10,22H,4H2,1-3H3. The largest absolute Gasteiger partial charge is 0.462 e. The fourth-order valence-corrected chi connectivity index (χ4v) is 3.50. The topological polar surface area (TPSA) is 103 Å². The molecule has 0 unspecified atom stereocenters. The monoisotopic (exact) mass is 419 g/mol. The summed E-state index contributed by atoms with van der Waals surface area (Å²) in [4.78, 5) is 24.7. The van der Waals surface area contributed by atoms with Crippen molar-refractivity contribution < 1.29 is 31.6 Å². The second kappa shape index (κ2) is 7.67. The van der Waals surface area contributed by atoms with Gasteiger partial charge in [-0.1, -0.05) is 0 Å². The highest BCUT2D eigenvalue weighted by Crippen LogP contribution is 2.37. The zero-order valence-corrected chi connectivity index (χ0v) is 16.7. The first-order valence-electron chi connectivity index (χ1n) is 8.63. The lowest BCUT2D eigenvalue weighted by molar-refractivity contribution is 0.0528. The van der Waals surface area contributed by atoms with Crippen LogP contribution in [0.3, 0.4) is 0 Å².